The molecule has 0 unspecified atom stereocenters. The van der Waals surface area contributed by atoms with Crippen LogP contribution >= 0.6 is 0 Å². The van der Waals surface area contributed by atoms with Gasteiger partial charge in [0.2, 0.25) is 0 Å². The Balaban J connectivity index is 0.00000105. The van der Waals surface area contributed by atoms with Gasteiger partial charge >= 0.3 is 158 Å². The topological polar surface area (TPSA) is 120 Å². The zero-order valence-corrected chi connectivity index (χ0v) is 17.1. The van der Waals surface area contributed by atoms with Crippen molar-refractivity contribution in [1.29, 1.82) is 0 Å². The Morgan fingerprint density at radius 3 is 1.81 bits per heavy atom. The van der Waals surface area contributed by atoms with E-state index >= 15 is 0 Å². The third-order valence-electron chi connectivity index (χ3n) is 4.17. The first-order valence-corrected chi connectivity index (χ1v) is 9.44. The number of aromatic nitrogens is 4. The van der Waals surface area contributed by atoms with Gasteiger partial charge < -0.3 is 11.0 Å². The fourth-order valence-corrected chi connectivity index (χ4v) is 3.85. The number of nitrogens with one attached hydrogen (secondary N) is 2. The van der Waals surface area contributed by atoms with Crippen molar-refractivity contribution in [3.05, 3.63) is 65.2 Å². The zero-order chi connectivity index (χ0) is 16.8. The molecular formula is C20H17N4O2Sn. The van der Waals surface area contributed by atoms with E-state index in [-0.39, 0.29) is 11.0 Å². The molecule has 5 rings (SSSR count). The van der Waals surface area contributed by atoms with Gasteiger partial charge in [0.15, 0.2) is 0 Å². The van der Waals surface area contributed by atoms with Gasteiger partial charge in [0.1, 0.15) is 0 Å². The summed E-state index contributed by atoms with van der Waals surface area (Å²) in [6, 6.07) is 14.6. The number of nitrogens with zero attached hydrogens (tertiary/aromatic N) is 2. The monoisotopic (exact) mass is 465 g/mol. The van der Waals surface area contributed by atoms with Crippen molar-refractivity contribution in [3.63, 3.8) is 0 Å². The van der Waals surface area contributed by atoms with E-state index in [2.05, 4.69) is 50.3 Å². The van der Waals surface area contributed by atoms with Crippen LogP contribution in [0, 0.1) is 0 Å². The Hall–Kier alpha value is -2.68. The van der Waals surface area contributed by atoms with Crippen molar-refractivity contribution in [2.24, 2.45) is 0 Å². The molecule has 0 atom stereocenters. The van der Waals surface area contributed by atoms with Gasteiger partial charge in [-0.1, -0.05) is 0 Å². The first kappa shape index (κ1) is 19.1. The maximum absolute atomic E-state index is 4.67. The van der Waals surface area contributed by atoms with Crippen molar-refractivity contribution in [2.75, 3.05) is 0 Å². The van der Waals surface area contributed by atoms with Crippen LogP contribution in [-0.4, -0.2) is 53.4 Å². The summed E-state index contributed by atoms with van der Waals surface area (Å²) in [6.07, 6.45) is 8.10. The van der Waals surface area contributed by atoms with Crippen LogP contribution in [0.25, 0.3) is 46.4 Å². The summed E-state index contributed by atoms with van der Waals surface area (Å²) in [6.45, 7) is 0. The average molecular weight is 464 g/mol. The summed E-state index contributed by atoms with van der Waals surface area (Å²) in [5, 5.41) is 0. The van der Waals surface area contributed by atoms with Crippen molar-refractivity contribution >= 4 is 72.5 Å². The zero-order valence-electron chi connectivity index (χ0n) is 14.2. The number of fused-ring (bicyclic) bond motifs is 8. The van der Waals surface area contributed by atoms with Gasteiger partial charge in [-0.25, -0.2) is 0 Å². The first-order chi connectivity index (χ1) is 12.2. The molecule has 7 heteroatoms. The van der Waals surface area contributed by atoms with E-state index in [0.29, 0.717) is 0 Å². The SMILES string of the molecule is O.O.[Sn][c]1cc2cc3ccc(cc4nc(cc5nc(cc1[nH]2)C=C5)C=C4)[nH]3. The number of aromatic amines is 2. The Kier molecular flexibility index (Phi) is 5.31. The molecule has 3 radical (unpaired) electrons. The predicted molar refractivity (Wildman–Crippen MR) is 111 cm³/mol. The summed E-state index contributed by atoms with van der Waals surface area (Å²) in [7, 11) is 0. The molecule has 27 heavy (non-hydrogen) atoms. The molecule has 0 amide bonds. The molecule has 6 N–H and O–H groups in total. The average Bonchev–Trinajstić information content (AvgIpc) is 3.33. The molecular weight excluding hydrogens is 447 g/mol. The second-order valence-electron chi connectivity index (χ2n) is 6.09. The van der Waals surface area contributed by atoms with Crippen LogP contribution in [0.5, 0.6) is 0 Å². The molecule has 0 spiro atoms. The minimum absolute atomic E-state index is 0. The van der Waals surface area contributed by atoms with Crippen LogP contribution in [0.15, 0.2) is 42.5 Å². The van der Waals surface area contributed by atoms with Gasteiger partial charge in [-0.3, -0.25) is 0 Å². The van der Waals surface area contributed by atoms with Crippen LogP contribution in [0.3, 0.4) is 0 Å². The molecule has 5 heterocycles. The molecule has 2 aliphatic heterocycles. The Morgan fingerprint density at radius 2 is 1.15 bits per heavy atom. The molecule has 8 bridgehead atoms. The first-order valence-electron chi connectivity index (χ1n) is 8.01. The van der Waals surface area contributed by atoms with E-state index in [1.165, 1.54) is 26.1 Å². The number of hydrogen-bond acceptors (Lipinski definition) is 2. The molecule has 133 valence electrons. The second-order valence-corrected chi connectivity index (χ2v) is 7.63. The van der Waals surface area contributed by atoms with Crippen LogP contribution in [-0.2, 0) is 0 Å². The maximum atomic E-state index is 4.67. The Bertz CT molecular complexity index is 1220. The number of H-pyrrole nitrogens is 2. The van der Waals surface area contributed by atoms with Crippen LogP contribution < -0.4 is 3.58 Å². The fourth-order valence-electron chi connectivity index (χ4n) is 3.02. The molecule has 0 fully saturated rings. The van der Waals surface area contributed by atoms with Gasteiger partial charge in [-0.2, -0.15) is 0 Å². The van der Waals surface area contributed by atoms with Gasteiger partial charge in [0, 0.05) is 0 Å². The number of hydrogen-bond donors (Lipinski definition) is 2. The van der Waals surface area contributed by atoms with E-state index < -0.39 is 0 Å². The fraction of sp³-hybridized carbons (Fsp3) is 0. The summed E-state index contributed by atoms with van der Waals surface area (Å²) in [5.74, 6) is 0. The summed E-state index contributed by atoms with van der Waals surface area (Å²) < 4.78 is 1.29. The van der Waals surface area contributed by atoms with E-state index in [1.807, 2.05) is 36.4 Å². The third kappa shape index (κ3) is 3.87. The molecule has 0 aliphatic carbocycles. The Labute approximate surface area is 168 Å². The van der Waals surface area contributed by atoms with Crippen molar-refractivity contribution in [1.82, 2.24) is 19.9 Å². The summed E-state index contributed by atoms with van der Waals surface area (Å²) in [5.41, 5.74) is 8.05. The second kappa shape index (κ2) is 7.51. The van der Waals surface area contributed by atoms with Crippen molar-refractivity contribution in [3.8, 4) is 0 Å². The van der Waals surface area contributed by atoms with Crippen LogP contribution in [0.4, 0.5) is 0 Å². The van der Waals surface area contributed by atoms with E-state index in [1.54, 1.807) is 0 Å². The number of rotatable bonds is 0. The molecule has 0 saturated carbocycles. The Morgan fingerprint density at radius 1 is 0.593 bits per heavy atom. The summed E-state index contributed by atoms with van der Waals surface area (Å²) >= 11 is 1.38. The normalized spacial score (nSPS) is 11.7. The van der Waals surface area contributed by atoms with Crippen LogP contribution in [0.2, 0.25) is 0 Å². The minimum atomic E-state index is 0. The molecule has 3 aromatic heterocycles. The standard InChI is InChI=1S/C20H13N4.2H2O.Sn/c1-2-14-10-16-5-6-18(23-16)12-20-8-7-19(24-20)11-17-4-3-15(22-17)9-13(1)21-14;;;/h1-7,9-12,22,24H;2*1H2;. The predicted octanol–water partition coefficient (Wildman–Crippen LogP) is 1.80. The van der Waals surface area contributed by atoms with Gasteiger partial charge in [-0.15, -0.1) is 0 Å². The molecule has 2 aliphatic rings. The molecule has 0 saturated heterocycles. The van der Waals surface area contributed by atoms with E-state index in [4.69, 9.17) is 0 Å². The van der Waals surface area contributed by atoms with Crippen LogP contribution in [0.1, 0.15) is 22.8 Å². The third-order valence-corrected chi connectivity index (χ3v) is 5.35. The summed E-state index contributed by atoms with van der Waals surface area (Å²) in [4.78, 5) is 16.2. The van der Waals surface area contributed by atoms with E-state index in [0.717, 1.165) is 44.8 Å². The van der Waals surface area contributed by atoms with Gasteiger partial charge in [0.05, 0.1) is 0 Å². The molecule has 6 nitrogen and oxygen atoms in total. The van der Waals surface area contributed by atoms with Crippen molar-refractivity contribution < 1.29 is 11.0 Å². The molecule has 0 aromatic carbocycles. The van der Waals surface area contributed by atoms with Gasteiger partial charge in [-0.05, 0) is 0 Å². The van der Waals surface area contributed by atoms with Gasteiger partial charge in [0.25, 0.3) is 0 Å². The van der Waals surface area contributed by atoms with Crippen molar-refractivity contribution in [2.45, 2.75) is 0 Å². The molecule has 3 aromatic rings. The van der Waals surface area contributed by atoms with E-state index in [9.17, 15) is 0 Å². The quantitative estimate of drug-likeness (QED) is 0.340.